The largest absolute Gasteiger partial charge is 0.346 e. The van der Waals surface area contributed by atoms with Gasteiger partial charge in [0, 0.05) is 41.3 Å². The Bertz CT molecular complexity index is 1120. The van der Waals surface area contributed by atoms with E-state index < -0.39 is 0 Å². The number of rotatable bonds is 5. The highest BCUT2D eigenvalue weighted by Crippen LogP contribution is 2.32. The Balaban J connectivity index is 1.35. The van der Waals surface area contributed by atoms with Gasteiger partial charge in [-0.25, -0.2) is 4.98 Å². The molecule has 7 nitrogen and oxygen atoms in total. The molecule has 1 aliphatic rings. The summed E-state index contributed by atoms with van der Waals surface area (Å²) in [5, 5.41) is 11.0. The van der Waals surface area contributed by atoms with Gasteiger partial charge in [-0.3, -0.25) is 14.9 Å². The zero-order valence-corrected chi connectivity index (χ0v) is 14.6. The van der Waals surface area contributed by atoms with E-state index in [1.165, 1.54) is 12.8 Å². The van der Waals surface area contributed by atoms with Crippen LogP contribution in [0.2, 0.25) is 0 Å². The standard InChI is InChI=1S/C20H18N6O/c27-20(24-18-10-16(25-26-18)7-12-1-2-12)17-9-13(3-5-21-17)15-8-14-4-6-22-19(14)23-11-15/h3-6,8-12H,1-2,7H2,(H,22,23)(H2,24,25,26,27). The molecule has 0 aromatic carbocycles. The average molecular weight is 358 g/mol. The maximum atomic E-state index is 12.6. The normalized spacial score (nSPS) is 13.8. The van der Waals surface area contributed by atoms with Crippen LogP contribution in [0, 0.1) is 5.92 Å². The van der Waals surface area contributed by atoms with Crippen molar-refractivity contribution < 1.29 is 4.79 Å². The summed E-state index contributed by atoms with van der Waals surface area (Å²) in [6.45, 7) is 0. The summed E-state index contributed by atoms with van der Waals surface area (Å²) in [6.07, 6.45) is 8.82. The molecule has 0 aliphatic heterocycles. The van der Waals surface area contributed by atoms with Gasteiger partial charge < -0.3 is 10.3 Å². The van der Waals surface area contributed by atoms with E-state index in [1.54, 1.807) is 18.5 Å². The smallest absolute Gasteiger partial charge is 0.275 e. The lowest BCUT2D eigenvalue weighted by Gasteiger charge is -2.05. The molecule has 1 amide bonds. The lowest BCUT2D eigenvalue weighted by atomic mass is 10.1. The van der Waals surface area contributed by atoms with E-state index in [0.29, 0.717) is 11.5 Å². The second kappa shape index (κ2) is 6.35. The summed E-state index contributed by atoms with van der Waals surface area (Å²) in [7, 11) is 0. The van der Waals surface area contributed by atoms with Crippen molar-refractivity contribution in [3.05, 3.63) is 60.3 Å². The van der Waals surface area contributed by atoms with E-state index in [2.05, 4.69) is 30.5 Å². The lowest BCUT2D eigenvalue weighted by Crippen LogP contribution is -2.13. The molecule has 5 rings (SSSR count). The summed E-state index contributed by atoms with van der Waals surface area (Å²) < 4.78 is 0. The molecule has 134 valence electrons. The molecule has 1 aliphatic carbocycles. The van der Waals surface area contributed by atoms with Crippen LogP contribution in [-0.4, -0.2) is 31.1 Å². The van der Waals surface area contributed by atoms with Crippen LogP contribution >= 0.6 is 0 Å². The van der Waals surface area contributed by atoms with Crippen molar-refractivity contribution >= 4 is 22.8 Å². The van der Waals surface area contributed by atoms with Crippen molar-refractivity contribution in [2.75, 3.05) is 5.32 Å². The van der Waals surface area contributed by atoms with Crippen LogP contribution in [0.1, 0.15) is 29.0 Å². The molecule has 0 unspecified atom stereocenters. The Morgan fingerprint density at radius 3 is 2.96 bits per heavy atom. The minimum Gasteiger partial charge on any atom is -0.346 e. The highest BCUT2D eigenvalue weighted by atomic mass is 16.1. The Hall–Kier alpha value is -3.48. The van der Waals surface area contributed by atoms with Gasteiger partial charge in [-0.1, -0.05) is 0 Å². The zero-order chi connectivity index (χ0) is 18.2. The molecule has 0 bridgehead atoms. The van der Waals surface area contributed by atoms with Crippen LogP contribution in [0.5, 0.6) is 0 Å². The van der Waals surface area contributed by atoms with Gasteiger partial charge in [0.05, 0.1) is 0 Å². The highest BCUT2D eigenvalue weighted by molar-refractivity contribution is 6.03. The Kier molecular flexibility index (Phi) is 3.71. The number of carbonyl (C=O) groups is 1. The average Bonchev–Trinajstić information content (AvgIpc) is 3.19. The maximum Gasteiger partial charge on any atom is 0.275 e. The number of H-pyrrole nitrogens is 2. The zero-order valence-electron chi connectivity index (χ0n) is 14.6. The molecule has 7 heteroatoms. The van der Waals surface area contributed by atoms with Crippen LogP contribution in [0.4, 0.5) is 5.82 Å². The quantitative estimate of drug-likeness (QED) is 0.508. The van der Waals surface area contributed by atoms with Crippen molar-refractivity contribution in [1.82, 2.24) is 25.1 Å². The fourth-order valence-electron chi connectivity index (χ4n) is 3.18. The van der Waals surface area contributed by atoms with Crippen LogP contribution < -0.4 is 5.32 Å². The minimum atomic E-state index is -0.281. The molecular weight excluding hydrogens is 340 g/mol. The predicted molar refractivity (Wildman–Crippen MR) is 102 cm³/mol. The lowest BCUT2D eigenvalue weighted by molar-refractivity contribution is 0.102. The first-order valence-electron chi connectivity index (χ1n) is 9.00. The first-order valence-corrected chi connectivity index (χ1v) is 9.00. The van der Waals surface area contributed by atoms with Gasteiger partial charge >= 0.3 is 0 Å². The van der Waals surface area contributed by atoms with E-state index in [0.717, 1.165) is 40.2 Å². The monoisotopic (exact) mass is 358 g/mol. The Morgan fingerprint density at radius 1 is 1.15 bits per heavy atom. The number of hydrogen-bond acceptors (Lipinski definition) is 4. The molecule has 0 radical (unpaired) electrons. The minimum absolute atomic E-state index is 0.281. The van der Waals surface area contributed by atoms with Crippen molar-refractivity contribution in [3.8, 4) is 11.1 Å². The van der Waals surface area contributed by atoms with E-state index in [-0.39, 0.29) is 5.91 Å². The van der Waals surface area contributed by atoms with Gasteiger partial charge in [-0.15, -0.1) is 0 Å². The predicted octanol–water partition coefficient (Wildman–Crippen LogP) is 3.55. The number of nitrogens with zero attached hydrogens (tertiary/aromatic N) is 3. The first-order chi connectivity index (χ1) is 13.2. The number of aromatic amines is 2. The van der Waals surface area contributed by atoms with Crippen molar-refractivity contribution in [3.63, 3.8) is 0 Å². The maximum absolute atomic E-state index is 12.6. The number of hydrogen-bond donors (Lipinski definition) is 3. The van der Waals surface area contributed by atoms with E-state index >= 15 is 0 Å². The van der Waals surface area contributed by atoms with Crippen molar-refractivity contribution in [1.29, 1.82) is 0 Å². The number of fused-ring (bicyclic) bond motifs is 1. The van der Waals surface area contributed by atoms with Crippen LogP contribution in [0.3, 0.4) is 0 Å². The van der Waals surface area contributed by atoms with Crippen LogP contribution in [-0.2, 0) is 6.42 Å². The fourth-order valence-corrected chi connectivity index (χ4v) is 3.18. The topological polar surface area (TPSA) is 99.4 Å². The molecule has 27 heavy (non-hydrogen) atoms. The van der Waals surface area contributed by atoms with Gasteiger partial charge in [0.2, 0.25) is 0 Å². The molecule has 4 heterocycles. The van der Waals surface area contributed by atoms with Gasteiger partial charge in [0.25, 0.3) is 5.91 Å². The number of anilines is 1. The second-order valence-corrected chi connectivity index (χ2v) is 6.95. The molecular formula is C20H18N6O. The van der Waals surface area contributed by atoms with Gasteiger partial charge in [-0.2, -0.15) is 5.10 Å². The summed E-state index contributed by atoms with van der Waals surface area (Å²) in [5.74, 6) is 1.01. The number of aromatic nitrogens is 5. The third-order valence-electron chi connectivity index (χ3n) is 4.80. The SMILES string of the molecule is O=C(Nc1cc(CC2CC2)[nH]n1)c1cc(-c2cnc3[nH]ccc3c2)ccn1. The Morgan fingerprint density at radius 2 is 2.07 bits per heavy atom. The van der Waals surface area contributed by atoms with E-state index in [4.69, 9.17) is 0 Å². The summed E-state index contributed by atoms with van der Waals surface area (Å²) in [5.41, 5.74) is 4.06. The summed E-state index contributed by atoms with van der Waals surface area (Å²) >= 11 is 0. The van der Waals surface area contributed by atoms with Crippen LogP contribution in [0.15, 0.2) is 48.9 Å². The fraction of sp³-hybridized carbons (Fsp3) is 0.200. The molecule has 0 saturated heterocycles. The second-order valence-electron chi connectivity index (χ2n) is 6.95. The molecule has 1 saturated carbocycles. The molecule has 0 atom stereocenters. The van der Waals surface area contributed by atoms with Crippen LogP contribution in [0.25, 0.3) is 22.2 Å². The first kappa shape index (κ1) is 15.7. The van der Waals surface area contributed by atoms with Crippen molar-refractivity contribution in [2.24, 2.45) is 5.92 Å². The molecule has 0 spiro atoms. The number of carbonyl (C=O) groups excluding carboxylic acids is 1. The summed E-state index contributed by atoms with van der Waals surface area (Å²) in [6, 6.07) is 9.53. The van der Waals surface area contributed by atoms with Crippen molar-refractivity contribution in [2.45, 2.75) is 19.3 Å². The Labute approximate surface area is 155 Å². The van der Waals surface area contributed by atoms with E-state index in [1.807, 2.05) is 30.5 Å². The van der Waals surface area contributed by atoms with E-state index in [9.17, 15) is 4.79 Å². The number of nitrogens with one attached hydrogen (secondary N) is 3. The summed E-state index contributed by atoms with van der Waals surface area (Å²) in [4.78, 5) is 24.2. The third-order valence-corrected chi connectivity index (χ3v) is 4.80. The van der Waals surface area contributed by atoms with Gasteiger partial charge in [0.1, 0.15) is 11.3 Å². The molecule has 3 N–H and O–H groups in total. The molecule has 4 aromatic rings. The number of amides is 1. The third kappa shape index (κ3) is 3.31. The van der Waals surface area contributed by atoms with Gasteiger partial charge in [0.15, 0.2) is 5.82 Å². The highest BCUT2D eigenvalue weighted by Gasteiger charge is 2.22. The molecule has 4 aromatic heterocycles. The number of pyridine rings is 2. The van der Waals surface area contributed by atoms with Gasteiger partial charge in [-0.05, 0) is 55.0 Å². The molecule has 1 fully saturated rings.